The molecule has 0 aliphatic heterocycles. The first-order valence-electron chi connectivity index (χ1n) is 8.61. The van der Waals surface area contributed by atoms with Gasteiger partial charge in [0, 0.05) is 18.2 Å². The topological polar surface area (TPSA) is 84.5 Å². The zero-order valence-corrected chi connectivity index (χ0v) is 15.1. The zero-order chi connectivity index (χ0) is 18.3. The first-order valence-corrected chi connectivity index (χ1v) is 10.3. The molecule has 2 atom stereocenters. The van der Waals surface area contributed by atoms with Crippen molar-refractivity contribution in [3.63, 3.8) is 0 Å². The second-order valence-electron chi connectivity index (χ2n) is 6.31. The fourth-order valence-electron chi connectivity index (χ4n) is 2.84. The van der Waals surface area contributed by atoms with Gasteiger partial charge in [-0.2, -0.15) is 0 Å². The average molecular weight is 372 g/mol. The Hall–Kier alpha value is -1.67. The lowest BCUT2D eigenvalue weighted by Crippen LogP contribution is -2.42. The molecule has 8 heteroatoms. The summed E-state index contributed by atoms with van der Waals surface area (Å²) in [6.45, 7) is 1.94. The molecule has 1 aromatic rings. The number of amides is 1. The Labute approximate surface area is 148 Å². The largest absolute Gasteiger partial charge is 0.446 e. The highest BCUT2D eigenvalue weighted by Gasteiger charge is 2.27. The fourth-order valence-corrected chi connectivity index (χ4v) is 4.35. The number of rotatable bonds is 7. The standard InChI is InChI=1S/C17H25FN2O4S/c1-2-3-11-25(22,23)20-15-5-4-6-16(12-15)24-17(21)19-14-9-7-13(18)8-10-14/h7-10,15-16,20H,2-6,11-12H2,1H3,(H,19,21)/t15-,16+/m1/s1. The van der Waals surface area contributed by atoms with Crippen LogP contribution in [0, 0.1) is 5.82 Å². The molecule has 0 spiro atoms. The van der Waals surface area contributed by atoms with E-state index in [1.165, 1.54) is 24.3 Å². The van der Waals surface area contributed by atoms with Crippen molar-refractivity contribution in [1.82, 2.24) is 4.72 Å². The molecule has 1 aromatic carbocycles. The van der Waals surface area contributed by atoms with E-state index in [1.807, 2.05) is 6.92 Å². The summed E-state index contributed by atoms with van der Waals surface area (Å²) in [4.78, 5) is 11.9. The molecule has 0 radical (unpaired) electrons. The minimum Gasteiger partial charge on any atom is -0.446 e. The molecule has 0 heterocycles. The number of sulfonamides is 1. The third-order valence-electron chi connectivity index (χ3n) is 4.10. The molecule has 0 bridgehead atoms. The number of hydrogen-bond donors (Lipinski definition) is 2. The van der Waals surface area contributed by atoms with Crippen LogP contribution in [0.2, 0.25) is 0 Å². The van der Waals surface area contributed by atoms with E-state index < -0.39 is 16.1 Å². The number of ether oxygens (including phenoxy) is 1. The van der Waals surface area contributed by atoms with Gasteiger partial charge in [0.1, 0.15) is 11.9 Å². The Kier molecular flexibility index (Phi) is 7.19. The highest BCUT2D eigenvalue weighted by atomic mass is 32.2. The molecule has 0 aromatic heterocycles. The molecule has 0 saturated heterocycles. The number of anilines is 1. The average Bonchev–Trinajstić information content (AvgIpc) is 2.55. The van der Waals surface area contributed by atoms with Crippen LogP contribution in [0.15, 0.2) is 24.3 Å². The van der Waals surface area contributed by atoms with Gasteiger partial charge in [-0.25, -0.2) is 22.3 Å². The lowest BCUT2D eigenvalue weighted by atomic mass is 9.94. The van der Waals surface area contributed by atoms with Gasteiger partial charge in [0.05, 0.1) is 5.75 Å². The van der Waals surface area contributed by atoms with Crippen molar-refractivity contribution >= 4 is 21.8 Å². The molecule has 2 rings (SSSR count). The van der Waals surface area contributed by atoms with Crippen molar-refractivity contribution < 1.29 is 22.3 Å². The number of benzene rings is 1. The Balaban J connectivity index is 1.82. The molecule has 1 amide bonds. The molecule has 1 aliphatic carbocycles. The van der Waals surface area contributed by atoms with E-state index in [-0.39, 0.29) is 23.7 Å². The van der Waals surface area contributed by atoms with Crippen LogP contribution in [-0.4, -0.2) is 32.4 Å². The quantitative estimate of drug-likeness (QED) is 0.768. The van der Waals surface area contributed by atoms with Gasteiger partial charge in [0.2, 0.25) is 10.0 Å². The van der Waals surface area contributed by atoms with Crippen LogP contribution in [-0.2, 0) is 14.8 Å². The normalized spacial score (nSPS) is 20.9. The summed E-state index contributed by atoms with van der Waals surface area (Å²) in [6.07, 6.45) is 3.18. The highest BCUT2D eigenvalue weighted by molar-refractivity contribution is 7.89. The zero-order valence-electron chi connectivity index (χ0n) is 14.3. The minimum atomic E-state index is -3.29. The van der Waals surface area contributed by atoms with E-state index in [1.54, 1.807) is 0 Å². The van der Waals surface area contributed by atoms with E-state index in [4.69, 9.17) is 4.74 Å². The molecular formula is C17H25FN2O4S. The summed E-state index contributed by atoms with van der Waals surface area (Å²) >= 11 is 0. The Morgan fingerprint density at radius 1 is 1.28 bits per heavy atom. The molecule has 2 N–H and O–H groups in total. The summed E-state index contributed by atoms with van der Waals surface area (Å²) in [6, 6.07) is 5.18. The molecule has 140 valence electrons. The monoisotopic (exact) mass is 372 g/mol. The van der Waals surface area contributed by atoms with Crippen LogP contribution in [0.25, 0.3) is 0 Å². The summed E-state index contributed by atoms with van der Waals surface area (Å²) in [5.74, 6) is -0.263. The molecule has 0 unspecified atom stereocenters. The predicted octanol–water partition coefficient (Wildman–Crippen LogP) is 3.40. The summed E-state index contributed by atoms with van der Waals surface area (Å²) < 4.78 is 44.9. The van der Waals surface area contributed by atoms with Gasteiger partial charge in [-0.05, 0) is 49.9 Å². The van der Waals surface area contributed by atoms with E-state index in [2.05, 4.69) is 10.0 Å². The van der Waals surface area contributed by atoms with Crippen LogP contribution >= 0.6 is 0 Å². The molecule has 25 heavy (non-hydrogen) atoms. The lowest BCUT2D eigenvalue weighted by Gasteiger charge is -2.29. The first-order chi connectivity index (χ1) is 11.9. The second-order valence-corrected chi connectivity index (χ2v) is 8.19. The number of carbonyl (C=O) groups is 1. The van der Waals surface area contributed by atoms with Gasteiger partial charge in [-0.1, -0.05) is 13.3 Å². The van der Waals surface area contributed by atoms with Crippen LogP contribution in [0.1, 0.15) is 45.4 Å². The Morgan fingerprint density at radius 3 is 2.68 bits per heavy atom. The molecule has 6 nitrogen and oxygen atoms in total. The first kappa shape index (κ1) is 19.7. The number of carbonyl (C=O) groups excluding carboxylic acids is 1. The molecule has 1 saturated carbocycles. The van der Waals surface area contributed by atoms with E-state index in [0.29, 0.717) is 24.9 Å². The maximum absolute atomic E-state index is 12.9. The van der Waals surface area contributed by atoms with Gasteiger partial charge >= 0.3 is 6.09 Å². The van der Waals surface area contributed by atoms with Crippen molar-refractivity contribution in [3.05, 3.63) is 30.1 Å². The number of unbranched alkanes of at least 4 members (excludes halogenated alkanes) is 1. The summed E-state index contributed by atoms with van der Waals surface area (Å²) in [5, 5.41) is 2.54. The predicted molar refractivity (Wildman–Crippen MR) is 94.4 cm³/mol. The fraction of sp³-hybridized carbons (Fsp3) is 0.588. The molecule has 1 fully saturated rings. The third-order valence-corrected chi connectivity index (χ3v) is 5.62. The summed E-state index contributed by atoms with van der Waals surface area (Å²) in [7, 11) is -3.29. The van der Waals surface area contributed by atoms with Gasteiger partial charge in [0.25, 0.3) is 0 Å². The number of nitrogens with one attached hydrogen (secondary N) is 2. The van der Waals surface area contributed by atoms with Crippen LogP contribution in [0.5, 0.6) is 0 Å². The van der Waals surface area contributed by atoms with Gasteiger partial charge in [-0.15, -0.1) is 0 Å². The number of halogens is 1. The van der Waals surface area contributed by atoms with Crippen LogP contribution in [0.4, 0.5) is 14.9 Å². The summed E-state index contributed by atoms with van der Waals surface area (Å²) in [5.41, 5.74) is 0.444. The van der Waals surface area contributed by atoms with Crippen molar-refractivity contribution in [2.24, 2.45) is 0 Å². The van der Waals surface area contributed by atoms with Gasteiger partial charge in [-0.3, -0.25) is 5.32 Å². The van der Waals surface area contributed by atoms with Crippen molar-refractivity contribution in [3.8, 4) is 0 Å². The number of hydrogen-bond acceptors (Lipinski definition) is 4. The molecule has 1 aliphatic rings. The smallest absolute Gasteiger partial charge is 0.411 e. The minimum absolute atomic E-state index is 0.122. The second kappa shape index (κ2) is 9.15. The Bertz CT molecular complexity index is 664. The highest BCUT2D eigenvalue weighted by Crippen LogP contribution is 2.22. The van der Waals surface area contributed by atoms with Gasteiger partial charge < -0.3 is 4.74 Å². The van der Waals surface area contributed by atoms with Gasteiger partial charge in [0.15, 0.2) is 0 Å². The van der Waals surface area contributed by atoms with Crippen molar-refractivity contribution in [1.29, 1.82) is 0 Å². The maximum atomic E-state index is 12.9. The van der Waals surface area contributed by atoms with E-state index >= 15 is 0 Å². The van der Waals surface area contributed by atoms with E-state index in [0.717, 1.165) is 19.3 Å². The van der Waals surface area contributed by atoms with Crippen LogP contribution < -0.4 is 10.0 Å². The SMILES string of the molecule is CCCCS(=O)(=O)N[C@@H]1CCC[C@H](OC(=O)Nc2ccc(F)cc2)C1. The third kappa shape index (κ3) is 6.99. The Morgan fingerprint density at radius 2 is 2.00 bits per heavy atom. The van der Waals surface area contributed by atoms with Crippen molar-refractivity contribution in [2.45, 2.75) is 57.6 Å². The molecular weight excluding hydrogens is 347 g/mol. The maximum Gasteiger partial charge on any atom is 0.411 e. The van der Waals surface area contributed by atoms with Crippen molar-refractivity contribution in [2.75, 3.05) is 11.1 Å². The van der Waals surface area contributed by atoms with E-state index in [9.17, 15) is 17.6 Å². The van der Waals surface area contributed by atoms with Crippen LogP contribution in [0.3, 0.4) is 0 Å². The lowest BCUT2D eigenvalue weighted by molar-refractivity contribution is 0.0793.